The number of carbonyl (C=O) groups is 6. The van der Waals surface area contributed by atoms with Gasteiger partial charge in [-0.3, -0.25) is 28.8 Å². The molecule has 0 heterocycles. The molecule has 116 valence electrons. The Hall–Kier alpha value is -2.78. The fourth-order valence-corrected chi connectivity index (χ4v) is 0.964. The lowest BCUT2D eigenvalue weighted by molar-refractivity contribution is -0.167. The molecule has 0 radical (unpaired) electrons. The molecule has 0 saturated heterocycles. The van der Waals surface area contributed by atoms with E-state index < -0.39 is 67.9 Å². The number of hydrogen-bond acceptors (Lipinski definition) is 8. The van der Waals surface area contributed by atoms with E-state index in [-0.39, 0.29) is 0 Å². The standard InChI is InChI=1S/C11H12O10/c12-6(13)1-3-8(16)20-10(18)5-11(19)21-9(17)4-2-7(14)15/h1-5H2,(H,12,13)(H,14,15). The molecule has 0 aromatic rings. The number of hydrogen-bond donors (Lipinski definition) is 2. The van der Waals surface area contributed by atoms with Crippen molar-refractivity contribution in [2.75, 3.05) is 0 Å². The molecule has 0 aliphatic carbocycles. The molecule has 0 aliphatic heterocycles. The van der Waals surface area contributed by atoms with Gasteiger partial charge in [0.25, 0.3) is 0 Å². The van der Waals surface area contributed by atoms with E-state index in [0.29, 0.717) is 0 Å². The maximum Gasteiger partial charge on any atom is 0.324 e. The van der Waals surface area contributed by atoms with Crippen molar-refractivity contribution in [3.8, 4) is 0 Å². The van der Waals surface area contributed by atoms with Crippen molar-refractivity contribution >= 4 is 35.8 Å². The highest BCUT2D eigenvalue weighted by Crippen LogP contribution is 1.99. The van der Waals surface area contributed by atoms with E-state index in [9.17, 15) is 28.8 Å². The number of carbonyl (C=O) groups excluding carboxylic acids is 4. The van der Waals surface area contributed by atoms with Crippen LogP contribution in [0.1, 0.15) is 32.1 Å². The fraction of sp³-hybridized carbons (Fsp3) is 0.455. The molecule has 21 heavy (non-hydrogen) atoms. The minimum atomic E-state index is -1.30. The lowest BCUT2D eigenvalue weighted by atomic mass is 10.3. The molecule has 0 aromatic heterocycles. The molecule has 0 fully saturated rings. The van der Waals surface area contributed by atoms with Gasteiger partial charge >= 0.3 is 35.8 Å². The van der Waals surface area contributed by atoms with Gasteiger partial charge in [-0.1, -0.05) is 0 Å². The Balaban J connectivity index is 4.01. The molecular weight excluding hydrogens is 292 g/mol. The molecule has 0 aliphatic rings. The summed E-state index contributed by atoms with van der Waals surface area (Å²) in [5.41, 5.74) is 0. The number of carboxylic acids is 2. The van der Waals surface area contributed by atoms with Gasteiger partial charge in [-0.15, -0.1) is 0 Å². The van der Waals surface area contributed by atoms with Crippen LogP contribution in [0.15, 0.2) is 0 Å². The van der Waals surface area contributed by atoms with Gasteiger partial charge in [0.1, 0.15) is 6.42 Å². The summed E-state index contributed by atoms with van der Waals surface area (Å²) in [6, 6.07) is 0. The second-order valence-corrected chi connectivity index (χ2v) is 3.66. The van der Waals surface area contributed by atoms with E-state index in [1.54, 1.807) is 0 Å². The third-order valence-corrected chi connectivity index (χ3v) is 1.83. The van der Waals surface area contributed by atoms with E-state index >= 15 is 0 Å². The van der Waals surface area contributed by atoms with Crippen molar-refractivity contribution in [1.29, 1.82) is 0 Å². The van der Waals surface area contributed by atoms with Crippen LogP contribution in [0.4, 0.5) is 0 Å². The molecule has 10 heteroatoms. The molecule has 0 amide bonds. The molecular formula is C11H12O10. The minimum absolute atomic E-state index is 0.537. The van der Waals surface area contributed by atoms with Crippen LogP contribution < -0.4 is 0 Å². The van der Waals surface area contributed by atoms with E-state index in [2.05, 4.69) is 9.47 Å². The summed E-state index contributed by atoms with van der Waals surface area (Å²) in [5.74, 6) is -7.40. The summed E-state index contributed by atoms with van der Waals surface area (Å²) in [4.78, 5) is 64.3. The van der Waals surface area contributed by atoms with Gasteiger partial charge < -0.3 is 19.7 Å². The van der Waals surface area contributed by atoms with Crippen LogP contribution in [0.2, 0.25) is 0 Å². The van der Waals surface area contributed by atoms with Crippen LogP contribution in [0, 0.1) is 0 Å². The predicted molar refractivity (Wildman–Crippen MR) is 60.6 cm³/mol. The predicted octanol–water partition coefficient (Wildman–Crippen LogP) is -0.754. The van der Waals surface area contributed by atoms with Crippen LogP contribution in [0.5, 0.6) is 0 Å². The number of carboxylic acid groups (broad SMARTS) is 2. The van der Waals surface area contributed by atoms with Crippen molar-refractivity contribution < 1.29 is 48.5 Å². The largest absolute Gasteiger partial charge is 0.481 e. The van der Waals surface area contributed by atoms with E-state index in [4.69, 9.17) is 10.2 Å². The van der Waals surface area contributed by atoms with Crippen LogP contribution in [0.25, 0.3) is 0 Å². The first-order chi connectivity index (χ1) is 9.70. The van der Waals surface area contributed by atoms with Gasteiger partial charge in [0, 0.05) is 0 Å². The maximum absolute atomic E-state index is 11.1. The summed E-state index contributed by atoms with van der Waals surface area (Å²) in [7, 11) is 0. The third kappa shape index (κ3) is 10.8. The highest BCUT2D eigenvalue weighted by atomic mass is 16.6. The molecule has 0 spiro atoms. The Morgan fingerprint density at radius 3 is 1.19 bits per heavy atom. The average Bonchev–Trinajstić information content (AvgIpc) is 2.33. The van der Waals surface area contributed by atoms with E-state index in [0.717, 1.165) is 0 Å². The monoisotopic (exact) mass is 304 g/mol. The zero-order valence-electron chi connectivity index (χ0n) is 10.7. The molecule has 0 aromatic carbocycles. The normalized spacial score (nSPS) is 9.52. The summed E-state index contributed by atoms with van der Waals surface area (Å²) >= 11 is 0. The Labute approximate surface area is 117 Å². The second kappa shape index (κ2) is 9.18. The molecule has 2 N–H and O–H groups in total. The van der Waals surface area contributed by atoms with Crippen molar-refractivity contribution in [3.63, 3.8) is 0 Å². The second-order valence-electron chi connectivity index (χ2n) is 3.66. The first-order valence-corrected chi connectivity index (χ1v) is 5.61. The molecule has 0 rings (SSSR count). The highest BCUT2D eigenvalue weighted by molar-refractivity contribution is 5.99. The molecule has 0 atom stereocenters. The maximum atomic E-state index is 11.1. The Bertz CT molecular complexity index is 422. The van der Waals surface area contributed by atoms with Gasteiger partial charge in [0.2, 0.25) is 0 Å². The van der Waals surface area contributed by atoms with Gasteiger partial charge in [-0.25, -0.2) is 0 Å². The van der Waals surface area contributed by atoms with Gasteiger partial charge in [-0.05, 0) is 0 Å². The molecule has 0 bridgehead atoms. The van der Waals surface area contributed by atoms with Gasteiger partial charge in [-0.2, -0.15) is 0 Å². The van der Waals surface area contributed by atoms with Crippen LogP contribution in [-0.2, 0) is 38.2 Å². The van der Waals surface area contributed by atoms with Crippen molar-refractivity contribution in [1.82, 2.24) is 0 Å². The Kier molecular flexibility index (Phi) is 7.96. The first-order valence-electron chi connectivity index (χ1n) is 5.61. The van der Waals surface area contributed by atoms with Gasteiger partial charge in [0.15, 0.2) is 0 Å². The zero-order chi connectivity index (χ0) is 16.4. The van der Waals surface area contributed by atoms with E-state index in [1.807, 2.05) is 0 Å². The number of ether oxygens (including phenoxy) is 2. The molecule has 10 nitrogen and oxygen atoms in total. The first kappa shape index (κ1) is 18.2. The van der Waals surface area contributed by atoms with Crippen molar-refractivity contribution in [3.05, 3.63) is 0 Å². The highest BCUT2D eigenvalue weighted by Gasteiger charge is 2.19. The SMILES string of the molecule is O=C(O)CCC(=O)OC(=O)CC(=O)OC(=O)CCC(=O)O. The summed E-state index contributed by atoms with van der Waals surface area (Å²) < 4.78 is 8.21. The van der Waals surface area contributed by atoms with Crippen molar-refractivity contribution in [2.45, 2.75) is 32.1 Å². The van der Waals surface area contributed by atoms with Crippen molar-refractivity contribution in [2.24, 2.45) is 0 Å². The van der Waals surface area contributed by atoms with Crippen LogP contribution in [0.3, 0.4) is 0 Å². The average molecular weight is 304 g/mol. The Morgan fingerprint density at radius 2 is 0.905 bits per heavy atom. The number of aliphatic carboxylic acids is 2. The third-order valence-electron chi connectivity index (χ3n) is 1.83. The molecule has 0 saturated carbocycles. The lowest BCUT2D eigenvalue weighted by Crippen LogP contribution is -2.20. The number of esters is 4. The quantitative estimate of drug-likeness (QED) is 0.430. The molecule has 0 unspecified atom stereocenters. The smallest absolute Gasteiger partial charge is 0.324 e. The van der Waals surface area contributed by atoms with Crippen LogP contribution in [-0.4, -0.2) is 46.0 Å². The lowest BCUT2D eigenvalue weighted by Gasteiger charge is -2.02. The van der Waals surface area contributed by atoms with Crippen LogP contribution >= 0.6 is 0 Å². The Morgan fingerprint density at radius 1 is 0.571 bits per heavy atom. The zero-order valence-corrected chi connectivity index (χ0v) is 10.7. The minimum Gasteiger partial charge on any atom is -0.481 e. The summed E-state index contributed by atoms with van der Waals surface area (Å²) in [6.45, 7) is 0. The summed E-state index contributed by atoms with van der Waals surface area (Å²) in [6.07, 6.45) is -3.20. The van der Waals surface area contributed by atoms with Gasteiger partial charge in [0.05, 0.1) is 25.7 Å². The van der Waals surface area contributed by atoms with E-state index in [1.165, 1.54) is 0 Å². The summed E-state index contributed by atoms with van der Waals surface area (Å²) in [5, 5.41) is 16.6. The topological polar surface area (TPSA) is 161 Å². The fourth-order valence-electron chi connectivity index (χ4n) is 0.964. The number of rotatable bonds is 8.